The maximum absolute atomic E-state index is 12.9. The molecule has 0 spiro atoms. The van der Waals surface area contributed by atoms with Gasteiger partial charge < -0.3 is 25.3 Å². The Morgan fingerprint density at radius 2 is 1.97 bits per heavy atom. The number of rotatable bonds is 7. The molecule has 0 radical (unpaired) electrons. The molecule has 1 amide bonds. The van der Waals surface area contributed by atoms with E-state index in [2.05, 4.69) is 5.32 Å². The Bertz CT molecular complexity index is 1040. The number of carbonyl (C=O) groups excluding carboxylic acids is 2. The van der Waals surface area contributed by atoms with Crippen LogP contribution in [0.4, 0.5) is 5.69 Å². The molecule has 1 aliphatic heterocycles. The van der Waals surface area contributed by atoms with E-state index in [1.807, 2.05) is 43.3 Å². The first-order valence-electron chi connectivity index (χ1n) is 10.3. The Kier molecular flexibility index (Phi) is 6.18. The third-order valence-corrected chi connectivity index (χ3v) is 5.76. The second kappa shape index (κ2) is 9.19. The fourth-order valence-electron chi connectivity index (χ4n) is 4.03. The maximum Gasteiger partial charge on any atom is 0.293 e. The lowest BCUT2D eigenvalue weighted by atomic mass is 9.79. The Morgan fingerprint density at radius 3 is 2.69 bits per heavy atom. The van der Waals surface area contributed by atoms with E-state index in [4.69, 9.17) is 25.8 Å². The van der Waals surface area contributed by atoms with E-state index in [9.17, 15) is 9.59 Å². The highest BCUT2D eigenvalue weighted by Gasteiger charge is 2.34. The first-order chi connectivity index (χ1) is 15.5. The van der Waals surface area contributed by atoms with E-state index in [1.54, 1.807) is 0 Å². The molecule has 32 heavy (non-hydrogen) atoms. The van der Waals surface area contributed by atoms with Crippen LogP contribution in [0.25, 0.3) is 0 Å². The van der Waals surface area contributed by atoms with Crippen LogP contribution in [-0.4, -0.2) is 25.8 Å². The molecule has 9 nitrogen and oxygen atoms in total. The van der Waals surface area contributed by atoms with Gasteiger partial charge in [0.05, 0.1) is 18.3 Å². The highest BCUT2D eigenvalue weighted by Crippen LogP contribution is 2.42. The average molecular weight is 438 g/mol. The number of nitrogens with two attached hydrogens (primary N) is 2. The SMILES string of the molecule is Cc1ccc(N(N)/C=C(\N)C(=O)NC2c3cc4c(cc3CCC2COC=O)OCO4)cc1. The van der Waals surface area contributed by atoms with Gasteiger partial charge in [-0.25, -0.2) is 5.84 Å². The molecule has 2 aliphatic rings. The maximum atomic E-state index is 12.9. The molecular weight excluding hydrogens is 412 g/mol. The van der Waals surface area contributed by atoms with Crippen molar-refractivity contribution in [2.45, 2.75) is 25.8 Å². The number of aryl methyl sites for hydroxylation is 2. The molecule has 0 fully saturated rings. The molecule has 168 valence electrons. The fraction of sp³-hybridized carbons (Fsp3) is 0.304. The number of hydrazine groups is 1. The zero-order valence-corrected chi connectivity index (χ0v) is 17.7. The topological polar surface area (TPSA) is 129 Å². The van der Waals surface area contributed by atoms with Crippen LogP contribution in [0.2, 0.25) is 0 Å². The van der Waals surface area contributed by atoms with Crippen molar-refractivity contribution in [1.29, 1.82) is 0 Å². The normalized spacial score (nSPS) is 19.1. The lowest BCUT2D eigenvalue weighted by Gasteiger charge is -2.34. The smallest absolute Gasteiger partial charge is 0.293 e. The summed E-state index contributed by atoms with van der Waals surface area (Å²) in [6.07, 6.45) is 2.86. The Balaban J connectivity index is 1.56. The van der Waals surface area contributed by atoms with Crippen molar-refractivity contribution < 1.29 is 23.8 Å². The van der Waals surface area contributed by atoms with Gasteiger partial charge in [-0.15, -0.1) is 0 Å². The fourth-order valence-corrected chi connectivity index (χ4v) is 4.03. The third-order valence-electron chi connectivity index (χ3n) is 5.76. The van der Waals surface area contributed by atoms with Gasteiger partial charge in [-0.3, -0.25) is 14.6 Å². The van der Waals surface area contributed by atoms with Crippen molar-refractivity contribution in [2.75, 3.05) is 18.4 Å². The molecule has 0 aromatic heterocycles. The van der Waals surface area contributed by atoms with Crippen molar-refractivity contribution in [1.82, 2.24) is 5.32 Å². The highest BCUT2D eigenvalue weighted by molar-refractivity contribution is 5.93. The Labute approximate surface area is 185 Å². The monoisotopic (exact) mass is 438 g/mol. The zero-order chi connectivity index (χ0) is 22.7. The van der Waals surface area contributed by atoms with E-state index in [0.717, 1.165) is 29.5 Å². The van der Waals surface area contributed by atoms with Crippen LogP contribution in [0.15, 0.2) is 48.3 Å². The number of benzene rings is 2. The predicted octanol–water partition coefficient (Wildman–Crippen LogP) is 1.80. The lowest BCUT2D eigenvalue weighted by Crippen LogP contribution is -2.41. The predicted molar refractivity (Wildman–Crippen MR) is 117 cm³/mol. The number of hydrogen-bond donors (Lipinski definition) is 3. The summed E-state index contributed by atoms with van der Waals surface area (Å²) < 4.78 is 16.0. The summed E-state index contributed by atoms with van der Waals surface area (Å²) in [5, 5.41) is 4.28. The summed E-state index contributed by atoms with van der Waals surface area (Å²) in [7, 11) is 0. The summed E-state index contributed by atoms with van der Waals surface area (Å²) in [4.78, 5) is 23.7. The van der Waals surface area contributed by atoms with Gasteiger partial charge in [0.15, 0.2) is 11.5 Å². The summed E-state index contributed by atoms with van der Waals surface area (Å²) in [6, 6.07) is 10.9. The largest absolute Gasteiger partial charge is 0.468 e. The van der Waals surface area contributed by atoms with Gasteiger partial charge in [0, 0.05) is 12.1 Å². The molecule has 1 heterocycles. The van der Waals surface area contributed by atoms with E-state index >= 15 is 0 Å². The minimum absolute atomic E-state index is 0.0454. The molecule has 9 heteroatoms. The van der Waals surface area contributed by atoms with Crippen molar-refractivity contribution in [3.8, 4) is 11.5 Å². The van der Waals surface area contributed by atoms with Crippen molar-refractivity contribution in [3.63, 3.8) is 0 Å². The quantitative estimate of drug-likeness (QED) is 0.258. The molecule has 2 atom stereocenters. The lowest BCUT2D eigenvalue weighted by molar-refractivity contribution is -0.130. The van der Waals surface area contributed by atoms with Crippen LogP contribution in [-0.2, 0) is 20.7 Å². The minimum Gasteiger partial charge on any atom is -0.468 e. The molecule has 0 bridgehead atoms. The molecule has 5 N–H and O–H groups in total. The van der Waals surface area contributed by atoms with Crippen LogP contribution < -0.4 is 31.4 Å². The highest BCUT2D eigenvalue weighted by atomic mass is 16.7. The van der Waals surface area contributed by atoms with Gasteiger partial charge in [-0.2, -0.15) is 0 Å². The summed E-state index contributed by atoms with van der Waals surface area (Å²) in [6.45, 7) is 2.73. The number of fused-ring (bicyclic) bond motifs is 2. The van der Waals surface area contributed by atoms with Gasteiger partial charge in [0.25, 0.3) is 12.4 Å². The number of carbonyl (C=O) groups is 2. The standard InChI is InChI=1S/C23H26N4O5/c1-14-2-6-17(7-3-14)27(25)10-19(24)23(29)26-22-16(11-30-12-28)5-4-15-8-20-21(9-18(15)22)32-13-31-20/h2-3,6-10,12,16,22H,4-5,11,13,24-25H2,1H3,(H,26,29)/b19-10-. The van der Waals surface area contributed by atoms with Gasteiger partial charge in [-0.1, -0.05) is 17.7 Å². The molecule has 4 rings (SSSR count). The molecular formula is C23H26N4O5. The van der Waals surface area contributed by atoms with E-state index in [-0.39, 0.29) is 25.0 Å². The summed E-state index contributed by atoms with van der Waals surface area (Å²) in [5.74, 6) is 6.78. The van der Waals surface area contributed by atoms with Gasteiger partial charge in [0.2, 0.25) is 6.79 Å². The molecule has 2 aromatic rings. The van der Waals surface area contributed by atoms with Crippen LogP contribution in [0.5, 0.6) is 11.5 Å². The Hall–Kier alpha value is -3.72. The minimum atomic E-state index is -0.473. The van der Waals surface area contributed by atoms with Crippen LogP contribution in [0.1, 0.15) is 29.2 Å². The molecule has 2 aromatic carbocycles. The van der Waals surface area contributed by atoms with Gasteiger partial charge in [0.1, 0.15) is 5.70 Å². The number of anilines is 1. The van der Waals surface area contributed by atoms with Crippen LogP contribution in [0.3, 0.4) is 0 Å². The average Bonchev–Trinajstić information content (AvgIpc) is 3.25. The number of amides is 1. The summed E-state index contributed by atoms with van der Waals surface area (Å²) >= 11 is 0. The number of nitrogens with one attached hydrogen (secondary N) is 1. The number of ether oxygens (including phenoxy) is 3. The molecule has 0 saturated carbocycles. The van der Waals surface area contributed by atoms with Crippen molar-refractivity contribution >= 4 is 18.1 Å². The van der Waals surface area contributed by atoms with Crippen LogP contribution in [0, 0.1) is 12.8 Å². The summed E-state index contributed by atoms with van der Waals surface area (Å²) in [5.41, 5.74) is 9.74. The molecule has 2 unspecified atom stereocenters. The number of hydrogen-bond acceptors (Lipinski definition) is 8. The van der Waals surface area contributed by atoms with Crippen molar-refractivity contribution in [3.05, 3.63) is 65.0 Å². The van der Waals surface area contributed by atoms with E-state index in [1.165, 1.54) is 11.2 Å². The molecule has 0 saturated heterocycles. The van der Waals surface area contributed by atoms with Gasteiger partial charge >= 0.3 is 0 Å². The first kappa shape index (κ1) is 21.5. The first-order valence-corrected chi connectivity index (χ1v) is 10.3. The number of nitrogens with zero attached hydrogens (tertiary/aromatic N) is 1. The van der Waals surface area contributed by atoms with E-state index in [0.29, 0.717) is 23.7 Å². The second-order valence-corrected chi connectivity index (χ2v) is 7.91. The third kappa shape index (κ3) is 4.47. The second-order valence-electron chi connectivity index (χ2n) is 7.91. The van der Waals surface area contributed by atoms with Crippen LogP contribution >= 0.6 is 0 Å². The van der Waals surface area contributed by atoms with Crippen molar-refractivity contribution in [2.24, 2.45) is 17.5 Å². The zero-order valence-electron chi connectivity index (χ0n) is 17.7. The molecule has 1 aliphatic carbocycles. The Morgan fingerprint density at radius 1 is 1.25 bits per heavy atom. The van der Waals surface area contributed by atoms with Gasteiger partial charge in [-0.05, 0) is 55.2 Å². The van der Waals surface area contributed by atoms with E-state index < -0.39 is 11.9 Å².